The molecule has 0 heterocycles. The number of hydrogen-bond acceptors (Lipinski definition) is 5. The van der Waals surface area contributed by atoms with E-state index in [1.807, 2.05) is 0 Å². The summed E-state index contributed by atoms with van der Waals surface area (Å²) in [5.41, 5.74) is -0.00954. The van der Waals surface area contributed by atoms with Gasteiger partial charge in [-0.25, -0.2) is 0 Å². The Balaban J connectivity index is 2.11. The summed E-state index contributed by atoms with van der Waals surface area (Å²) in [5, 5.41) is 11.1. The van der Waals surface area contributed by atoms with Gasteiger partial charge in [0.05, 0.1) is 24.7 Å². The highest BCUT2D eigenvalue weighted by Crippen LogP contribution is 2.41. The second-order valence-electron chi connectivity index (χ2n) is 8.16. The van der Waals surface area contributed by atoms with Gasteiger partial charge in [-0.15, -0.1) is 0 Å². The van der Waals surface area contributed by atoms with Crippen molar-refractivity contribution in [3.63, 3.8) is 0 Å². The van der Waals surface area contributed by atoms with Gasteiger partial charge in [0, 0.05) is 6.07 Å². The van der Waals surface area contributed by atoms with Crippen LogP contribution in [0.5, 0.6) is 11.5 Å². The van der Waals surface area contributed by atoms with Crippen molar-refractivity contribution in [1.82, 2.24) is 0 Å². The predicted molar refractivity (Wildman–Crippen MR) is 99.9 cm³/mol. The number of nitro groups is 1. The predicted octanol–water partition coefficient (Wildman–Crippen LogP) is 4.78. The number of nitrogens with zero attached hydrogens (tertiary/aromatic N) is 1. The fourth-order valence-corrected chi connectivity index (χ4v) is 3.29. The van der Waals surface area contributed by atoms with Crippen LogP contribution in [0.15, 0.2) is 18.2 Å². The van der Waals surface area contributed by atoms with Crippen LogP contribution >= 0.6 is 0 Å². The molecule has 1 fully saturated rings. The van der Waals surface area contributed by atoms with Crippen molar-refractivity contribution in [2.24, 2.45) is 5.92 Å². The van der Waals surface area contributed by atoms with Crippen LogP contribution in [0.2, 0.25) is 18.1 Å². The standard InChI is InChI=1S/C18H29NO5Si/c1-18(2,3)25(5,6)23-12-17(13-7-8-13)24-15-10-9-14(19(20)21)11-16(15)22-4/h9-11,13,17H,7-8,12H2,1-6H3. The van der Waals surface area contributed by atoms with Crippen molar-refractivity contribution in [3.05, 3.63) is 28.3 Å². The zero-order valence-electron chi connectivity index (χ0n) is 16.0. The van der Waals surface area contributed by atoms with Crippen molar-refractivity contribution in [2.75, 3.05) is 13.7 Å². The number of benzene rings is 1. The topological polar surface area (TPSA) is 70.8 Å². The fraction of sp³-hybridized carbons (Fsp3) is 0.667. The lowest BCUT2D eigenvalue weighted by atomic mass is 10.2. The summed E-state index contributed by atoms with van der Waals surface area (Å²) in [6.45, 7) is 11.6. The summed E-state index contributed by atoms with van der Waals surface area (Å²) in [4.78, 5) is 10.5. The van der Waals surface area contributed by atoms with E-state index >= 15 is 0 Å². The van der Waals surface area contributed by atoms with Crippen LogP contribution in [0.25, 0.3) is 0 Å². The van der Waals surface area contributed by atoms with Crippen LogP contribution in [-0.2, 0) is 4.43 Å². The number of hydrogen-bond donors (Lipinski definition) is 0. The Morgan fingerprint density at radius 3 is 2.40 bits per heavy atom. The molecule has 0 spiro atoms. The Morgan fingerprint density at radius 1 is 1.28 bits per heavy atom. The first-order chi connectivity index (χ1) is 11.5. The minimum absolute atomic E-state index is 0.00954. The van der Waals surface area contributed by atoms with Crippen molar-refractivity contribution in [3.8, 4) is 11.5 Å². The van der Waals surface area contributed by atoms with E-state index in [9.17, 15) is 10.1 Å². The molecule has 2 rings (SSSR count). The fourth-order valence-electron chi connectivity index (χ4n) is 2.27. The third-order valence-corrected chi connectivity index (χ3v) is 9.70. The van der Waals surface area contributed by atoms with Gasteiger partial charge >= 0.3 is 0 Å². The van der Waals surface area contributed by atoms with E-state index in [1.165, 1.54) is 19.2 Å². The maximum atomic E-state index is 10.9. The molecule has 0 bridgehead atoms. The van der Waals surface area contributed by atoms with Gasteiger partial charge in [-0.3, -0.25) is 10.1 Å². The van der Waals surface area contributed by atoms with Gasteiger partial charge in [0.15, 0.2) is 19.8 Å². The lowest BCUT2D eigenvalue weighted by molar-refractivity contribution is -0.385. The van der Waals surface area contributed by atoms with E-state index in [2.05, 4.69) is 33.9 Å². The van der Waals surface area contributed by atoms with Gasteiger partial charge in [0.25, 0.3) is 5.69 Å². The first kappa shape index (κ1) is 19.7. The summed E-state index contributed by atoms with van der Waals surface area (Å²) in [5.74, 6) is 1.39. The largest absolute Gasteiger partial charge is 0.493 e. The van der Waals surface area contributed by atoms with Crippen LogP contribution in [0.1, 0.15) is 33.6 Å². The van der Waals surface area contributed by atoms with E-state index in [0.29, 0.717) is 24.0 Å². The molecule has 140 valence electrons. The Labute approximate surface area is 150 Å². The minimum Gasteiger partial charge on any atom is -0.493 e. The molecule has 0 amide bonds. The van der Waals surface area contributed by atoms with Crippen molar-refractivity contribution < 1.29 is 18.8 Å². The molecule has 25 heavy (non-hydrogen) atoms. The molecule has 7 heteroatoms. The normalized spacial score (nSPS) is 16.4. The molecule has 0 aliphatic heterocycles. The first-order valence-corrected chi connectivity index (χ1v) is 11.6. The quantitative estimate of drug-likeness (QED) is 0.375. The molecule has 0 radical (unpaired) electrons. The third-order valence-electron chi connectivity index (χ3n) is 5.20. The zero-order chi connectivity index (χ0) is 18.8. The lowest BCUT2D eigenvalue weighted by Crippen LogP contribution is -2.43. The lowest BCUT2D eigenvalue weighted by Gasteiger charge is -2.37. The van der Waals surface area contributed by atoms with Gasteiger partial charge < -0.3 is 13.9 Å². The summed E-state index contributed by atoms with van der Waals surface area (Å²) in [6.07, 6.45) is 2.20. The maximum absolute atomic E-state index is 10.9. The second kappa shape index (κ2) is 7.33. The average Bonchev–Trinajstić information content (AvgIpc) is 3.34. The molecule has 1 aliphatic carbocycles. The Morgan fingerprint density at radius 2 is 1.92 bits per heavy atom. The highest BCUT2D eigenvalue weighted by molar-refractivity contribution is 6.74. The number of ether oxygens (including phenoxy) is 2. The molecule has 0 aromatic heterocycles. The van der Waals surface area contributed by atoms with Gasteiger partial charge in [-0.2, -0.15) is 0 Å². The molecule has 1 unspecified atom stereocenters. The Kier molecular flexibility index (Phi) is 5.78. The number of non-ortho nitro benzene ring substituents is 1. The van der Waals surface area contributed by atoms with E-state index in [1.54, 1.807) is 6.07 Å². The molecule has 1 atom stereocenters. The number of rotatable bonds is 8. The number of nitro benzene ring substituents is 1. The van der Waals surface area contributed by atoms with E-state index < -0.39 is 13.2 Å². The minimum atomic E-state index is -1.85. The molecule has 6 nitrogen and oxygen atoms in total. The van der Waals surface area contributed by atoms with Crippen LogP contribution in [-0.4, -0.2) is 33.1 Å². The molecule has 0 saturated heterocycles. The van der Waals surface area contributed by atoms with Crippen molar-refractivity contribution >= 4 is 14.0 Å². The first-order valence-electron chi connectivity index (χ1n) is 8.68. The summed E-state index contributed by atoms with van der Waals surface area (Å²) < 4.78 is 17.8. The highest BCUT2D eigenvalue weighted by Gasteiger charge is 2.40. The van der Waals surface area contributed by atoms with E-state index in [-0.39, 0.29) is 16.8 Å². The third kappa shape index (κ3) is 4.95. The van der Waals surface area contributed by atoms with Gasteiger partial charge in [0.2, 0.25) is 0 Å². The highest BCUT2D eigenvalue weighted by atomic mass is 28.4. The van der Waals surface area contributed by atoms with Crippen molar-refractivity contribution in [1.29, 1.82) is 0 Å². The smallest absolute Gasteiger partial charge is 0.273 e. The van der Waals surface area contributed by atoms with Gasteiger partial charge in [-0.1, -0.05) is 20.8 Å². The molecule has 1 saturated carbocycles. The SMILES string of the molecule is COc1cc([N+](=O)[O-])ccc1OC(CO[Si](C)(C)C(C)(C)C)C1CC1. The van der Waals surface area contributed by atoms with Crippen LogP contribution in [0.4, 0.5) is 5.69 Å². The van der Waals surface area contributed by atoms with E-state index in [0.717, 1.165) is 12.8 Å². The monoisotopic (exact) mass is 367 g/mol. The average molecular weight is 368 g/mol. The molecule has 1 aromatic carbocycles. The summed E-state index contributed by atoms with van der Waals surface area (Å²) >= 11 is 0. The second-order valence-corrected chi connectivity index (χ2v) is 13.0. The summed E-state index contributed by atoms with van der Waals surface area (Å²) in [6, 6.07) is 4.45. The maximum Gasteiger partial charge on any atom is 0.273 e. The molecular formula is C18H29NO5Si. The molecular weight excluding hydrogens is 338 g/mol. The molecule has 1 aromatic rings. The Hall–Kier alpha value is -1.60. The summed E-state index contributed by atoms with van der Waals surface area (Å²) in [7, 11) is -0.359. The van der Waals surface area contributed by atoms with Crippen molar-refractivity contribution in [2.45, 2.75) is 57.8 Å². The van der Waals surface area contributed by atoms with E-state index in [4.69, 9.17) is 13.9 Å². The Bertz CT molecular complexity index is 622. The zero-order valence-corrected chi connectivity index (χ0v) is 17.0. The van der Waals surface area contributed by atoms with Crippen LogP contribution in [0.3, 0.4) is 0 Å². The van der Waals surface area contributed by atoms with Gasteiger partial charge in [-0.05, 0) is 43.0 Å². The molecule has 0 N–H and O–H groups in total. The molecule has 1 aliphatic rings. The number of methoxy groups -OCH3 is 1. The van der Waals surface area contributed by atoms with Crippen LogP contribution < -0.4 is 9.47 Å². The van der Waals surface area contributed by atoms with Gasteiger partial charge in [0.1, 0.15) is 6.10 Å². The van der Waals surface area contributed by atoms with Crippen LogP contribution in [0, 0.1) is 16.0 Å².